The number of hydrogen-bond donors (Lipinski definition) is 0. The lowest BCUT2D eigenvalue weighted by molar-refractivity contribution is 1.14. The predicted molar refractivity (Wildman–Crippen MR) is 40.8 cm³/mol. The molecule has 0 radical (unpaired) electrons. The fraction of sp³-hybridized carbons (Fsp3) is 0.167. The molecule has 0 atom stereocenters. The van der Waals surface area contributed by atoms with Gasteiger partial charge in [0.15, 0.2) is 0 Å². The van der Waals surface area contributed by atoms with Crippen molar-refractivity contribution in [1.29, 1.82) is 0 Å². The summed E-state index contributed by atoms with van der Waals surface area (Å²) >= 11 is 3.76. The number of fused-ring (bicyclic) bond motifs is 1. The molecule has 0 N–H and O–H groups in total. The summed E-state index contributed by atoms with van der Waals surface area (Å²) in [6.45, 7) is 0. The maximum atomic E-state index is 4.02. The van der Waals surface area contributed by atoms with Gasteiger partial charge in [0, 0.05) is 27.3 Å². The van der Waals surface area contributed by atoms with Gasteiger partial charge in [-0.05, 0) is 6.07 Å². The van der Waals surface area contributed by atoms with E-state index in [2.05, 4.69) is 11.1 Å². The second-order valence-corrected chi connectivity index (χ2v) is 4.13. The zero-order valence-electron chi connectivity index (χ0n) is 4.70. The molecule has 1 aliphatic rings. The molecule has 9 heavy (non-hydrogen) atoms. The zero-order chi connectivity index (χ0) is 6.10. The first-order valence-corrected chi connectivity index (χ1v) is 4.63. The van der Waals surface area contributed by atoms with Crippen LogP contribution in [-0.2, 0) is 0 Å². The monoisotopic (exact) mass is 155 g/mol. The van der Waals surface area contributed by atoms with E-state index < -0.39 is 0 Å². The Hall–Kier alpha value is -0.150. The first-order valence-electron chi connectivity index (χ1n) is 2.66. The number of aromatic nitrogens is 1. The highest BCUT2D eigenvalue weighted by atomic mass is 32.2. The normalized spacial score (nSPS) is 15.6. The highest BCUT2D eigenvalue weighted by molar-refractivity contribution is 8.18. The summed E-state index contributed by atoms with van der Waals surface area (Å²) < 4.78 is 0. The molecule has 1 aliphatic heterocycles. The van der Waals surface area contributed by atoms with Gasteiger partial charge in [0.1, 0.15) is 0 Å². The molecule has 0 spiro atoms. The van der Waals surface area contributed by atoms with Crippen LogP contribution >= 0.6 is 23.5 Å². The van der Waals surface area contributed by atoms with Gasteiger partial charge >= 0.3 is 0 Å². The third kappa shape index (κ3) is 0.946. The van der Waals surface area contributed by atoms with Gasteiger partial charge in [-0.25, -0.2) is 0 Å². The van der Waals surface area contributed by atoms with E-state index in [0.717, 1.165) is 5.08 Å². The van der Waals surface area contributed by atoms with Gasteiger partial charge in [0.05, 0.1) is 0 Å². The van der Waals surface area contributed by atoms with Crippen molar-refractivity contribution in [3.8, 4) is 0 Å². The highest BCUT2D eigenvalue weighted by Gasteiger charge is 2.09. The standard InChI is InChI=1S/C6H5NS2/c1-2-7-3-6-5(1)8-4-9-6/h1-3H,4H2. The highest BCUT2D eigenvalue weighted by Crippen LogP contribution is 2.40. The quantitative estimate of drug-likeness (QED) is 0.570. The van der Waals surface area contributed by atoms with Crippen molar-refractivity contribution in [3.63, 3.8) is 0 Å². The van der Waals surface area contributed by atoms with Gasteiger partial charge in [-0.3, -0.25) is 4.98 Å². The van der Waals surface area contributed by atoms with Crippen LogP contribution in [0.2, 0.25) is 0 Å². The Morgan fingerprint density at radius 3 is 3.11 bits per heavy atom. The van der Waals surface area contributed by atoms with Crippen LogP contribution in [-0.4, -0.2) is 10.1 Å². The number of rotatable bonds is 0. The van der Waals surface area contributed by atoms with E-state index in [0.29, 0.717) is 0 Å². The van der Waals surface area contributed by atoms with Gasteiger partial charge in [-0.2, -0.15) is 0 Å². The van der Waals surface area contributed by atoms with Crippen molar-refractivity contribution in [2.75, 3.05) is 5.08 Å². The molecule has 0 unspecified atom stereocenters. The summed E-state index contributed by atoms with van der Waals surface area (Å²) in [7, 11) is 0. The molecule has 0 bridgehead atoms. The average Bonchev–Trinajstić information content (AvgIpc) is 2.33. The smallest absolute Gasteiger partial charge is 0.0488 e. The minimum Gasteiger partial charge on any atom is -0.263 e. The average molecular weight is 155 g/mol. The van der Waals surface area contributed by atoms with Crippen LogP contribution in [0.5, 0.6) is 0 Å². The molecule has 0 aliphatic carbocycles. The van der Waals surface area contributed by atoms with Crippen molar-refractivity contribution in [3.05, 3.63) is 18.5 Å². The molecule has 0 saturated carbocycles. The fourth-order valence-corrected chi connectivity index (χ4v) is 3.05. The third-order valence-electron chi connectivity index (χ3n) is 1.18. The van der Waals surface area contributed by atoms with Crippen LogP contribution in [0.15, 0.2) is 28.3 Å². The molecule has 1 aromatic rings. The summed E-state index contributed by atoms with van der Waals surface area (Å²) in [5.74, 6) is 0. The van der Waals surface area contributed by atoms with Crippen molar-refractivity contribution in [2.45, 2.75) is 9.79 Å². The lowest BCUT2D eigenvalue weighted by Gasteiger charge is -1.90. The molecular formula is C6H5NS2. The van der Waals surface area contributed by atoms with Gasteiger partial charge in [-0.15, -0.1) is 23.5 Å². The molecule has 0 saturated heterocycles. The molecule has 0 amide bonds. The van der Waals surface area contributed by atoms with Crippen LogP contribution < -0.4 is 0 Å². The number of thioether (sulfide) groups is 2. The molecule has 0 aromatic carbocycles. The molecule has 46 valence electrons. The van der Waals surface area contributed by atoms with E-state index in [-0.39, 0.29) is 0 Å². The lowest BCUT2D eigenvalue weighted by Crippen LogP contribution is -1.71. The molecule has 3 heteroatoms. The van der Waals surface area contributed by atoms with Crippen molar-refractivity contribution in [2.24, 2.45) is 0 Å². The Balaban J connectivity index is 2.54. The molecule has 2 rings (SSSR count). The van der Waals surface area contributed by atoms with Gasteiger partial charge in [0.2, 0.25) is 0 Å². The summed E-state index contributed by atoms with van der Waals surface area (Å²) in [6, 6.07) is 2.07. The predicted octanol–water partition coefficient (Wildman–Crippen LogP) is 2.24. The van der Waals surface area contributed by atoms with Crippen molar-refractivity contribution < 1.29 is 0 Å². The molecular weight excluding hydrogens is 150 g/mol. The largest absolute Gasteiger partial charge is 0.263 e. The minimum absolute atomic E-state index is 1.15. The summed E-state index contributed by atoms with van der Waals surface area (Å²) in [5.41, 5.74) is 0. The lowest BCUT2D eigenvalue weighted by atomic mass is 10.5. The second kappa shape index (κ2) is 2.23. The van der Waals surface area contributed by atoms with E-state index >= 15 is 0 Å². The van der Waals surface area contributed by atoms with Gasteiger partial charge < -0.3 is 0 Å². The Bertz CT molecular complexity index is 201. The van der Waals surface area contributed by atoms with Crippen molar-refractivity contribution in [1.82, 2.24) is 4.98 Å². The Morgan fingerprint density at radius 2 is 2.22 bits per heavy atom. The number of hydrogen-bond acceptors (Lipinski definition) is 3. The maximum Gasteiger partial charge on any atom is 0.0488 e. The molecule has 0 fully saturated rings. The van der Waals surface area contributed by atoms with Crippen LogP contribution in [0.4, 0.5) is 0 Å². The first kappa shape index (κ1) is 5.62. The second-order valence-electron chi connectivity index (χ2n) is 1.73. The molecule has 2 heterocycles. The number of nitrogens with zero attached hydrogens (tertiary/aromatic N) is 1. The third-order valence-corrected chi connectivity index (χ3v) is 3.55. The molecule has 1 aromatic heterocycles. The maximum absolute atomic E-state index is 4.02. The number of pyridine rings is 1. The van der Waals surface area contributed by atoms with Crippen LogP contribution in [0.3, 0.4) is 0 Å². The van der Waals surface area contributed by atoms with Gasteiger partial charge in [0.25, 0.3) is 0 Å². The minimum atomic E-state index is 1.15. The molecule has 1 nitrogen and oxygen atoms in total. The van der Waals surface area contributed by atoms with E-state index in [9.17, 15) is 0 Å². The fourth-order valence-electron chi connectivity index (χ4n) is 0.751. The Kier molecular flexibility index (Phi) is 1.39. The van der Waals surface area contributed by atoms with Crippen LogP contribution in [0, 0.1) is 0 Å². The SMILES string of the molecule is c1cc2c(cn1)SCS2. The van der Waals surface area contributed by atoms with Crippen LogP contribution in [0.1, 0.15) is 0 Å². The topological polar surface area (TPSA) is 12.9 Å². The Labute approximate surface area is 62.3 Å². The van der Waals surface area contributed by atoms with Crippen LogP contribution in [0.25, 0.3) is 0 Å². The van der Waals surface area contributed by atoms with E-state index in [1.54, 1.807) is 0 Å². The van der Waals surface area contributed by atoms with Gasteiger partial charge in [-0.1, -0.05) is 0 Å². The van der Waals surface area contributed by atoms with E-state index in [1.807, 2.05) is 35.9 Å². The van der Waals surface area contributed by atoms with E-state index in [4.69, 9.17) is 0 Å². The summed E-state index contributed by atoms with van der Waals surface area (Å²) in [4.78, 5) is 6.74. The Morgan fingerprint density at radius 1 is 1.33 bits per heavy atom. The zero-order valence-corrected chi connectivity index (χ0v) is 6.34. The van der Waals surface area contributed by atoms with E-state index in [1.165, 1.54) is 9.79 Å². The summed E-state index contributed by atoms with van der Waals surface area (Å²) in [6.07, 6.45) is 3.78. The van der Waals surface area contributed by atoms with Crippen molar-refractivity contribution >= 4 is 23.5 Å². The summed E-state index contributed by atoms with van der Waals surface area (Å²) in [5, 5.41) is 1.15. The first-order chi connectivity index (χ1) is 4.47.